The predicted octanol–water partition coefficient (Wildman–Crippen LogP) is 2.27. The molecule has 5 heteroatoms. The van der Waals surface area contributed by atoms with Crippen LogP contribution in [-0.4, -0.2) is 18.7 Å². The van der Waals surface area contributed by atoms with Crippen LogP contribution in [0.1, 0.15) is 12.0 Å². The first-order valence-corrected chi connectivity index (χ1v) is 6.57. The van der Waals surface area contributed by atoms with Crippen molar-refractivity contribution in [1.29, 1.82) is 0 Å². The Hall–Kier alpha value is -0.390. The smallest absolute Gasteiger partial charge is 0.264 e. The van der Waals surface area contributed by atoms with Crippen molar-refractivity contribution < 1.29 is 13.0 Å². The summed E-state index contributed by atoms with van der Waals surface area (Å²) in [4.78, 5) is 0. The van der Waals surface area contributed by atoms with Crippen molar-refractivity contribution in [2.24, 2.45) is 0 Å². The van der Waals surface area contributed by atoms with Gasteiger partial charge in [0.1, 0.15) is 0 Å². The minimum Gasteiger partial charge on any atom is -0.286 e. The van der Waals surface area contributed by atoms with Crippen molar-refractivity contribution in [3.05, 3.63) is 34.3 Å². The van der Waals surface area contributed by atoms with Gasteiger partial charge in [-0.3, -0.25) is 4.55 Å². The maximum atomic E-state index is 10.4. The minimum atomic E-state index is -3.81. The van der Waals surface area contributed by atoms with Crippen LogP contribution in [0, 0.1) is 0 Å². The summed E-state index contributed by atoms with van der Waals surface area (Å²) in [6.45, 7) is 0. The number of aryl methyl sites for hydroxylation is 1. The zero-order valence-corrected chi connectivity index (χ0v) is 9.88. The highest BCUT2D eigenvalue weighted by molar-refractivity contribution is 9.10. The van der Waals surface area contributed by atoms with Gasteiger partial charge in [0.05, 0.1) is 5.75 Å². The lowest BCUT2D eigenvalue weighted by Crippen LogP contribution is -2.04. The van der Waals surface area contributed by atoms with Gasteiger partial charge in [-0.1, -0.05) is 28.1 Å². The van der Waals surface area contributed by atoms with E-state index in [-0.39, 0.29) is 5.75 Å². The Balaban J connectivity index is 2.43. The zero-order chi connectivity index (χ0) is 10.6. The van der Waals surface area contributed by atoms with E-state index in [2.05, 4.69) is 15.9 Å². The predicted molar refractivity (Wildman–Crippen MR) is 58.9 cm³/mol. The van der Waals surface area contributed by atoms with E-state index >= 15 is 0 Å². The fourth-order valence-corrected chi connectivity index (χ4v) is 1.88. The number of hydrogen-bond acceptors (Lipinski definition) is 2. The van der Waals surface area contributed by atoms with E-state index in [0.29, 0.717) is 12.8 Å². The van der Waals surface area contributed by atoms with Crippen LogP contribution in [-0.2, 0) is 16.5 Å². The molecule has 1 rings (SSSR count). The molecule has 0 fully saturated rings. The first-order chi connectivity index (χ1) is 6.47. The Labute approximate surface area is 92.0 Å². The molecule has 0 unspecified atom stereocenters. The zero-order valence-electron chi connectivity index (χ0n) is 7.48. The summed E-state index contributed by atoms with van der Waals surface area (Å²) < 4.78 is 30.3. The van der Waals surface area contributed by atoms with Gasteiger partial charge >= 0.3 is 0 Å². The molecular weight excluding hydrogens is 268 g/mol. The van der Waals surface area contributed by atoms with E-state index in [1.165, 1.54) is 0 Å². The van der Waals surface area contributed by atoms with E-state index < -0.39 is 10.1 Å². The second kappa shape index (κ2) is 4.91. The normalized spacial score (nSPS) is 11.6. The second-order valence-corrected chi connectivity index (χ2v) is 5.50. The van der Waals surface area contributed by atoms with Gasteiger partial charge in [0.25, 0.3) is 10.1 Å². The van der Waals surface area contributed by atoms with Gasteiger partial charge in [0, 0.05) is 4.47 Å². The van der Waals surface area contributed by atoms with Gasteiger partial charge in [0.2, 0.25) is 0 Å². The summed E-state index contributed by atoms with van der Waals surface area (Å²) >= 11 is 3.31. The average molecular weight is 279 g/mol. The molecule has 78 valence electrons. The average Bonchev–Trinajstić information content (AvgIpc) is 2.06. The largest absolute Gasteiger partial charge is 0.286 e. The summed E-state index contributed by atoms with van der Waals surface area (Å²) in [5.41, 5.74) is 1.07. The molecule has 0 amide bonds. The maximum absolute atomic E-state index is 10.4. The molecule has 1 aromatic carbocycles. The molecule has 0 radical (unpaired) electrons. The number of hydrogen-bond donors (Lipinski definition) is 1. The van der Waals surface area contributed by atoms with Gasteiger partial charge in [-0.15, -0.1) is 0 Å². The quantitative estimate of drug-likeness (QED) is 0.860. The molecule has 0 aliphatic rings. The van der Waals surface area contributed by atoms with Gasteiger partial charge in [-0.2, -0.15) is 8.42 Å². The number of rotatable bonds is 4. The molecule has 0 aliphatic carbocycles. The van der Waals surface area contributed by atoms with E-state index in [0.717, 1.165) is 10.0 Å². The molecule has 0 aliphatic heterocycles. The summed E-state index contributed by atoms with van der Waals surface area (Å²) in [6, 6.07) is 7.66. The molecule has 0 spiro atoms. The molecule has 0 aromatic heterocycles. The topological polar surface area (TPSA) is 54.4 Å². The lowest BCUT2D eigenvalue weighted by molar-refractivity contribution is 0.481. The SMILES string of the molecule is O=S(=O)(O)CCCc1ccc(Br)cc1. The highest BCUT2D eigenvalue weighted by atomic mass is 79.9. The van der Waals surface area contributed by atoms with Crippen molar-refractivity contribution in [3.63, 3.8) is 0 Å². The third-order valence-corrected chi connectivity index (χ3v) is 3.11. The van der Waals surface area contributed by atoms with E-state index in [1.807, 2.05) is 24.3 Å². The van der Waals surface area contributed by atoms with E-state index in [1.54, 1.807) is 0 Å². The van der Waals surface area contributed by atoms with Crippen LogP contribution in [0.5, 0.6) is 0 Å². The molecule has 1 N–H and O–H groups in total. The number of benzene rings is 1. The molecule has 0 bridgehead atoms. The molecule has 3 nitrogen and oxygen atoms in total. The number of halogens is 1. The molecular formula is C9H11BrO3S. The summed E-state index contributed by atoms with van der Waals surface area (Å²) in [7, 11) is -3.81. The lowest BCUT2D eigenvalue weighted by atomic mass is 10.1. The standard InChI is InChI=1S/C9H11BrO3S/c10-9-5-3-8(4-6-9)2-1-7-14(11,12)13/h3-6H,1-2,7H2,(H,11,12,13). The summed E-state index contributed by atoms with van der Waals surface area (Å²) in [5, 5.41) is 0. The molecule has 14 heavy (non-hydrogen) atoms. The van der Waals surface area contributed by atoms with Crippen LogP contribution in [0.15, 0.2) is 28.7 Å². The molecule has 0 saturated carbocycles. The molecule has 0 heterocycles. The highest BCUT2D eigenvalue weighted by Crippen LogP contribution is 2.11. The summed E-state index contributed by atoms with van der Waals surface area (Å²) in [5.74, 6) is -0.178. The first kappa shape index (κ1) is 11.7. The summed E-state index contributed by atoms with van der Waals surface area (Å²) in [6.07, 6.45) is 1.10. The third kappa shape index (κ3) is 4.74. The minimum absolute atomic E-state index is 0.178. The van der Waals surface area contributed by atoms with Crippen molar-refractivity contribution in [3.8, 4) is 0 Å². The van der Waals surface area contributed by atoms with Gasteiger partial charge in [0.15, 0.2) is 0 Å². The molecule has 0 saturated heterocycles. The lowest BCUT2D eigenvalue weighted by Gasteiger charge is -2.00. The maximum Gasteiger partial charge on any atom is 0.264 e. The van der Waals surface area contributed by atoms with Crippen molar-refractivity contribution in [2.75, 3.05) is 5.75 Å². The van der Waals surface area contributed by atoms with Gasteiger partial charge < -0.3 is 0 Å². The monoisotopic (exact) mass is 278 g/mol. The van der Waals surface area contributed by atoms with Gasteiger partial charge in [-0.25, -0.2) is 0 Å². The van der Waals surface area contributed by atoms with Crippen molar-refractivity contribution >= 4 is 26.0 Å². The Bertz CT molecular complexity index is 383. The molecule has 1 aromatic rings. The second-order valence-electron chi connectivity index (χ2n) is 3.02. The van der Waals surface area contributed by atoms with Gasteiger partial charge in [-0.05, 0) is 30.5 Å². The van der Waals surface area contributed by atoms with Crippen LogP contribution in [0.25, 0.3) is 0 Å². The van der Waals surface area contributed by atoms with Crippen LogP contribution >= 0.6 is 15.9 Å². The van der Waals surface area contributed by atoms with Crippen LogP contribution in [0.3, 0.4) is 0 Å². The van der Waals surface area contributed by atoms with Crippen molar-refractivity contribution in [1.82, 2.24) is 0 Å². The van der Waals surface area contributed by atoms with E-state index in [9.17, 15) is 8.42 Å². The van der Waals surface area contributed by atoms with Crippen LogP contribution < -0.4 is 0 Å². The first-order valence-electron chi connectivity index (χ1n) is 4.17. The Morgan fingerprint density at radius 3 is 2.29 bits per heavy atom. The van der Waals surface area contributed by atoms with E-state index in [4.69, 9.17) is 4.55 Å². The highest BCUT2D eigenvalue weighted by Gasteiger charge is 2.03. The third-order valence-electron chi connectivity index (χ3n) is 1.78. The van der Waals surface area contributed by atoms with Crippen LogP contribution in [0.4, 0.5) is 0 Å². The fraction of sp³-hybridized carbons (Fsp3) is 0.333. The Morgan fingerprint density at radius 2 is 1.79 bits per heavy atom. The molecule has 0 atom stereocenters. The fourth-order valence-electron chi connectivity index (χ4n) is 1.11. The Morgan fingerprint density at radius 1 is 1.21 bits per heavy atom. The van der Waals surface area contributed by atoms with Crippen molar-refractivity contribution in [2.45, 2.75) is 12.8 Å². The Kier molecular flexibility index (Phi) is 4.10. The van der Waals surface area contributed by atoms with Crippen LogP contribution in [0.2, 0.25) is 0 Å².